The summed E-state index contributed by atoms with van der Waals surface area (Å²) in [5.41, 5.74) is 0.351. The Balaban J connectivity index is 2.50. The van der Waals surface area contributed by atoms with Crippen molar-refractivity contribution in [2.24, 2.45) is 5.92 Å². The van der Waals surface area contributed by atoms with Crippen molar-refractivity contribution in [3.8, 4) is 6.07 Å². The molecule has 1 aromatic carbocycles. The molecule has 1 N–H and O–H groups in total. The number of nitrogens with zero attached hydrogens (tertiary/aromatic N) is 1. The van der Waals surface area contributed by atoms with E-state index in [1.807, 2.05) is 44.2 Å². The molecule has 0 aliphatic heterocycles. The first-order valence-corrected chi connectivity index (χ1v) is 6.24. The van der Waals surface area contributed by atoms with E-state index in [9.17, 15) is 4.79 Å². The van der Waals surface area contributed by atoms with Gasteiger partial charge < -0.3 is 5.32 Å². The number of hydrogen-bond donors (Lipinski definition) is 1. The van der Waals surface area contributed by atoms with Crippen LogP contribution in [0.5, 0.6) is 0 Å². The van der Waals surface area contributed by atoms with Crippen LogP contribution in [-0.2, 0) is 11.2 Å². The van der Waals surface area contributed by atoms with Crippen LogP contribution in [0.1, 0.15) is 32.8 Å². The minimum absolute atomic E-state index is 0.0726. The molecule has 1 atom stereocenters. The molecule has 0 saturated heterocycles. The van der Waals surface area contributed by atoms with Crippen molar-refractivity contribution in [1.82, 2.24) is 5.32 Å². The molecule has 0 unspecified atom stereocenters. The van der Waals surface area contributed by atoms with Crippen LogP contribution in [0.3, 0.4) is 0 Å². The third-order valence-corrected chi connectivity index (χ3v) is 3.27. The molecule has 0 heterocycles. The molecule has 0 radical (unpaired) electrons. The van der Waals surface area contributed by atoms with E-state index < -0.39 is 5.54 Å². The number of benzene rings is 1. The highest BCUT2D eigenvalue weighted by molar-refractivity contribution is 5.77. The maximum atomic E-state index is 11.8. The molecule has 18 heavy (non-hydrogen) atoms. The van der Waals surface area contributed by atoms with Gasteiger partial charge in [-0.1, -0.05) is 44.2 Å². The minimum Gasteiger partial charge on any atom is -0.338 e. The third kappa shape index (κ3) is 3.89. The van der Waals surface area contributed by atoms with Crippen LogP contribution < -0.4 is 5.32 Å². The first kappa shape index (κ1) is 14.2. The predicted molar refractivity (Wildman–Crippen MR) is 71.8 cm³/mol. The van der Waals surface area contributed by atoms with Crippen molar-refractivity contribution in [1.29, 1.82) is 5.26 Å². The van der Waals surface area contributed by atoms with Crippen LogP contribution in [0.4, 0.5) is 0 Å². The second-order valence-electron chi connectivity index (χ2n) is 5.00. The molecule has 3 heteroatoms. The van der Waals surface area contributed by atoms with E-state index in [0.29, 0.717) is 12.8 Å². The number of aryl methyl sites for hydroxylation is 1. The summed E-state index contributed by atoms with van der Waals surface area (Å²) in [4.78, 5) is 11.8. The zero-order valence-electron chi connectivity index (χ0n) is 11.2. The Hall–Kier alpha value is -1.82. The molecule has 1 aromatic rings. The van der Waals surface area contributed by atoms with Gasteiger partial charge in [-0.25, -0.2) is 0 Å². The Morgan fingerprint density at radius 3 is 2.50 bits per heavy atom. The Morgan fingerprint density at radius 2 is 2.00 bits per heavy atom. The number of nitrogens with one attached hydrogen (secondary N) is 1. The van der Waals surface area contributed by atoms with E-state index >= 15 is 0 Å². The van der Waals surface area contributed by atoms with Gasteiger partial charge in [0.05, 0.1) is 6.07 Å². The Bertz CT molecular complexity index is 434. The van der Waals surface area contributed by atoms with Crippen molar-refractivity contribution >= 4 is 5.91 Å². The van der Waals surface area contributed by atoms with Crippen LogP contribution in [-0.4, -0.2) is 11.4 Å². The first-order valence-electron chi connectivity index (χ1n) is 6.24. The number of carbonyl (C=O) groups is 1. The summed E-state index contributed by atoms with van der Waals surface area (Å²) >= 11 is 0. The molecule has 96 valence electrons. The molecule has 3 nitrogen and oxygen atoms in total. The SMILES string of the molecule is CC(C)[C@@](C)(C#N)NC(=O)CCc1ccccc1. The highest BCUT2D eigenvalue weighted by Gasteiger charge is 2.29. The molecule has 1 rings (SSSR count). The molecule has 0 saturated carbocycles. The quantitative estimate of drug-likeness (QED) is 0.865. The van der Waals surface area contributed by atoms with Crippen molar-refractivity contribution in [2.45, 2.75) is 39.2 Å². The normalized spacial score (nSPS) is 13.7. The summed E-state index contributed by atoms with van der Waals surface area (Å²) < 4.78 is 0. The van der Waals surface area contributed by atoms with Gasteiger partial charge >= 0.3 is 0 Å². The van der Waals surface area contributed by atoms with Gasteiger partial charge in [-0.05, 0) is 24.8 Å². The molecule has 0 aromatic heterocycles. The molecule has 0 spiro atoms. The topological polar surface area (TPSA) is 52.9 Å². The maximum absolute atomic E-state index is 11.8. The zero-order chi connectivity index (χ0) is 13.6. The fraction of sp³-hybridized carbons (Fsp3) is 0.467. The second-order valence-corrected chi connectivity index (χ2v) is 5.00. The van der Waals surface area contributed by atoms with Crippen molar-refractivity contribution < 1.29 is 4.79 Å². The molecule has 0 fully saturated rings. The zero-order valence-corrected chi connectivity index (χ0v) is 11.2. The molecule has 0 bridgehead atoms. The van der Waals surface area contributed by atoms with E-state index in [1.54, 1.807) is 6.92 Å². The second kappa shape index (κ2) is 6.20. The van der Waals surface area contributed by atoms with E-state index in [-0.39, 0.29) is 11.8 Å². The molecular formula is C15H20N2O. The minimum atomic E-state index is -0.784. The average Bonchev–Trinajstić information content (AvgIpc) is 2.37. The highest BCUT2D eigenvalue weighted by Crippen LogP contribution is 2.15. The summed E-state index contributed by atoms with van der Waals surface area (Å²) in [7, 11) is 0. The van der Waals surface area contributed by atoms with Crippen LogP contribution in [0.2, 0.25) is 0 Å². The summed E-state index contributed by atoms with van der Waals surface area (Å²) in [5.74, 6) is 0.0137. The van der Waals surface area contributed by atoms with E-state index in [4.69, 9.17) is 5.26 Å². The largest absolute Gasteiger partial charge is 0.338 e. The van der Waals surface area contributed by atoms with E-state index in [1.165, 1.54) is 0 Å². The first-order chi connectivity index (χ1) is 8.48. The van der Waals surface area contributed by atoms with Gasteiger partial charge in [-0.3, -0.25) is 4.79 Å². The Labute approximate surface area is 109 Å². The van der Waals surface area contributed by atoms with Crippen LogP contribution in [0.15, 0.2) is 30.3 Å². The standard InChI is InChI=1S/C15H20N2O/c1-12(2)15(3,11-16)17-14(18)10-9-13-7-5-4-6-8-13/h4-8,12H,9-10H2,1-3H3,(H,17,18)/t15-/m1/s1. The van der Waals surface area contributed by atoms with Crippen molar-refractivity contribution in [2.75, 3.05) is 0 Å². The summed E-state index contributed by atoms with van der Waals surface area (Å²) in [5, 5.41) is 11.9. The van der Waals surface area contributed by atoms with Crippen molar-refractivity contribution in [3.05, 3.63) is 35.9 Å². The molecule has 0 aliphatic carbocycles. The molecule has 0 aliphatic rings. The lowest BCUT2D eigenvalue weighted by Gasteiger charge is -2.27. The lowest BCUT2D eigenvalue weighted by Crippen LogP contribution is -2.48. The summed E-state index contributed by atoms with van der Waals surface area (Å²) in [6.07, 6.45) is 1.11. The van der Waals surface area contributed by atoms with Crippen LogP contribution in [0.25, 0.3) is 0 Å². The summed E-state index contributed by atoms with van der Waals surface area (Å²) in [6, 6.07) is 12.0. The third-order valence-electron chi connectivity index (χ3n) is 3.27. The maximum Gasteiger partial charge on any atom is 0.221 e. The smallest absolute Gasteiger partial charge is 0.221 e. The van der Waals surface area contributed by atoms with Gasteiger partial charge in [0.2, 0.25) is 5.91 Å². The van der Waals surface area contributed by atoms with Crippen LogP contribution >= 0.6 is 0 Å². The Morgan fingerprint density at radius 1 is 1.39 bits per heavy atom. The monoisotopic (exact) mass is 244 g/mol. The van der Waals surface area contributed by atoms with Gasteiger partial charge in [0.15, 0.2) is 0 Å². The fourth-order valence-electron chi connectivity index (χ4n) is 1.56. The number of amides is 1. The fourth-order valence-corrected chi connectivity index (χ4v) is 1.56. The number of rotatable bonds is 5. The van der Waals surface area contributed by atoms with E-state index in [2.05, 4.69) is 11.4 Å². The lowest BCUT2D eigenvalue weighted by molar-refractivity contribution is -0.122. The number of nitriles is 1. The highest BCUT2D eigenvalue weighted by atomic mass is 16.1. The van der Waals surface area contributed by atoms with E-state index in [0.717, 1.165) is 5.56 Å². The van der Waals surface area contributed by atoms with Crippen molar-refractivity contribution in [3.63, 3.8) is 0 Å². The van der Waals surface area contributed by atoms with Crippen LogP contribution in [0, 0.1) is 17.2 Å². The van der Waals surface area contributed by atoms with Gasteiger partial charge in [0, 0.05) is 6.42 Å². The van der Waals surface area contributed by atoms with Gasteiger partial charge in [-0.2, -0.15) is 5.26 Å². The number of carbonyl (C=O) groups excluding carboxylic acids is 1. The van der Waals surface area contributed by atoms with Gasteiger partial charge in [-0.15, -0.1) is 0 Å². The number of hydrogen-bond acceptors (Lipinski definition) is 2. The molecule has 1 amide bonds. The van der Waals surface area contributed by atoms with Gasteiger partial charge in [0.1, 0.15) is 5.54 Å². The van der Waals surface area contributed by atoms with Gasteiger partial charge in [0.25, 0.3) is 0 Å². The Kier molecular flexibility index (Phi) is 4.91. The average molecular weight is 244 g/mol. The molecular weight excluding hydrogens is 224 g/mol. The summed E-state index contributed by atoms with van der Waals surface area (Å²) in [6.45, 7) is 5.62. The predicted octanol–water partition coefficient (Wildman–Crippen LogP) is 2.67. The lowest BCUT2D eigenvalue weighted by atomic mass is 9.90.